The van der Waals surface area contributed by atoms with Crippen LogP contribution in [0, 0.1) is 18.3 Å². The normalized spacial score (nSPS) is 27.3. The van der Waals surface area contributed by atoms with Crippen molar-refractivity contribution < 1.29 is 0 Å². The van der Waals surface area contributed by atoms with E-state index in [-0.39, 0.29) is 0 Å². The molecule has 80 valence electrons. The van der Waals surface area contributed by atoms with Gasteiger partial charge in [0.1, 0.15) is 0 Å². The van der Waals surface area contributed by atoms with Crippen LogP contribution in [-0.4, -0.2) is 17.6 Å². The molecule has 3 rings (SSSR count). The van der Waals surface area contributed by atoms with Crippen molar-refractivity contribution in [3.05, 3.63) is 35.7 Å². The zero-order valence-electron chi connectivity index (χ0n) is 9.11. The molecule has 2 nitrogen and oxygen atoms in total. The number of hydrogen-bond acceptors (Lipinski definition) is 2. The third kappa shape index (κ3) is 1.54. The highest BCUT2D eigenvalue weighted by Crippen LogP contribution is 2.33. The molecule has 1 aliphatic heterocycles. The van der Waals surface area contributed by atoms with Gasteiger partial charge in [-0.3, -0.25) is 4.98 Å². The van der Waals surface area contributed by atoms with Crippen LogP contribution in [0.5, 0.6) is 0 Å². The zero-order valence-corrected chi connectivity index (χ0v) is 9.11. The fourth-order valence-corrected chi connectivity index (χ4v) is 2.47. The van der Waals surface area contributed by atoms with Crippen LogP contribution >= 0.6 is 0 Å². The van der Waals surface area contributed by atoms with E-state index in [2.05, 4.69) is 28.4 Å². The summed E-state index contributed by atoms with van der Waals surface area (Å²) < 4.78 is 0. The van der Waals surface area contributed by atoms with E-state index < -0.39 is 0 Å². The molecule has 2 heterocycles. The Kier molecular flexibility index (Phi) is 2.27. The lowest BCUT2D eigenvalue weighted by Gasteiger charge is -2.40. The lowest BCUT2D eigenvalue weighted by molar-refractivity contribution is 0.256. The number of allylic oxidation sites excluding steroid dienone is 1. The first-order chi connectivity index (χ1) is 7.86. The maximum absolute atomic E-state index is 5.39. The first kappa shape index (κ1) is 9.62. The van der Waals surface area contributed by atoms with Gasteiger partial charge in [-0.05, 0) is 36.0 Å². The summed E-state index contributed by atoms with van der Waals surface area (Å²) >= 11 is 0. The number of nitrogens with zero attached hydrogens (tertiary/aromatic N) is 1. The van der Waals surface area contributed by atoms with Crippen LogP contribution in [-0.2, 0) is 0 Å². The molecule has 0 spiro atoms. The molecule has 0 aromatic carbocycles. The minimum atomic E-state index is 0.582. The lowest BCUT2D eigenvalue weighted by Crippen LogP contribution is -2.52. The molecule has 1 aromatic rings. The van der Waals surface area contributed by atoms with Crippen LogP contribution in [0.1, 0.15) is 24.0 Å². The van der Waals surface area contributed by atoms with Crippen LogP contribution < -0.4 is 5.32 Å². The first-order valence-electron chi connectivity index (χ1n) is 5.73. The summed E-state index contributed by atoms with van der Waals surface area (Å²) in [5.41, 5.74) is 3.43. The van der Waals surface area contributed by atoms with Gasteiger partial charge in [0.05, 0.1) is 0 Å². The standard InChI is InChI=1S/C14H14N2/c1-2-10-5-13(8-15-7-10)11-3-4-12-9-16-14(12)6-11/h1,5-8,12,14,16H,3-4,9H2/t12-,14-/m0/s1. The number of aromatic nitrogens is 1. The van der Waals surface area contributed by atoms with E-state index in [1.54, 1.807) is 6.20 Å². The van der Waals surface area contributed by atoms with E-state index in [9.17, 15) is 0 Å². The Bertz CT molecular complexity index is 482. The van der Waals surface area contributed by atoms with Crippen LogP contribution in [0.2, 0.25) is 0 Å². The van der Waals surface area contributed by atoms with Crippen molar-refractivity contribution in [3.63, 3.8) is 0 Å². The van der Waals surface area contributed by atoms with Crippen molar-refractivity contribution in [3.8, 4) is 12.3 Å². The SMILES string of the molecule is C#Cc1cncc(C2=C[C@@H]3NC[C@@H]3CC2)c1. The molecule has 2 heteroatoms. The summed E-state index contributed by atoms with van der Waals surface area (Å²) in [7, 11) is 0. The van der Waals surface area contributed by atoms with Gasteiger partial charge in [-0.25, -0.2) is 0 Å². The molecule has 1 aromatic heterocycles. The van der Waals surface area contributed by atoms with Crippen LogP contribution in [0.25, 0.3) is 5.57 Å². The molecule has 1 aliphatic carbocycles. The number of fused-ring (bicyclic) bond motifs is 1. The summed E-state index contributed by atoms with van der Waals surface area (Å²) in [5.74, 6) is 3.49. The molecular weight excluding hydrogens is 196 g/mol. The molecule has 0 amide bonds. The van der Waals surface area contributed by atoms with Crippen molar-refractivity contribution in [1.82, 2.24) is 10.3 Å². The maximum atomic E-state index is 5.39. The highest BCUT2D eigenvalue weighted by molar-refractivity contribution is 5.67. The molecule has 1 fully saturated rings. The van der Waals surface area contributed by atoms with Gasteiger partial charge in [0, 0.05) is 30.5 Å². The molecule has 16 heavy (non-hydrogen) atoms. The highest BCUT2D eigenvalue weighted by atomic mass is 15.0. The molecular formula is C14H14N2. The average molecular weight is 210 g/mol. The monoisotopic (exact) mass is 210 g/mol. The van der Waals surface area contributed by atoms with Crippen molar-refractivity contribution in [1.29, 1.82) is 0 Å². The Morgan fingerprint density at radius 2 is 2.38 bits per heavy atom. The predicted molar refractivity (Wildman–Crippen MR) is 64.7 cm³/mol. The van der Waals surface area contributed by atoms with Gasteiger partial charge in [-0.15, -0.1) is 6.42 Å². The Hall–Kier alpha value is -1.59. The summed E-state index contributed by atoms with van der Waals surface area (Å²) in [6.45, 7) is 1.18. The summed E-state index contributed by atoms with van der Waals surface area (Å²) in [6, 6.07) is 2.64. The molecule has 2 aliphatic rings. The smallest absolute Gasteiger partial charge is 0.0432 e. The summed E-state index contributed by atoms with van der Waals surface area (Å²) in [4.78, 5) is 4.19. The Morgan fingerprint density at radius 3 is 3.06 bits per heavy atom. The van der Waals surface area contributed by atoms with E-state index in [4.69, 9.17) is 6.42 Å². The summed E-state index contributed by atoms with van der Waals surface area (Å²) in [6.07, 6.45) is 13.8. The average Bonchev–Trinajstić information content (AvgIpc) is 2.31. The second kappa shape index (κ2) is 3.77. The second-order valence-electron chi connectivity index (χ2n) is 4.53. The molecule has 0 unspecified atom stereocenters. The van der Waals surface area contributed by atoms with E-state index >= 15 is 0 Å². The van der Waals surface area contributed by atoms with Crippen LogP contribution in [0.15, 0.2) is 24.5 Å². The predicted octanol–water partition coefficient (Wildman–Crippen LogP) is 1.83. The number of pyridine rings is 1. The minimum absolute atomic E-state index is 0.582. The van der Waals surface area contributed by atoms with Gasteiger partial charge in [0.25, 0.3) is 0 Å². The molecule has 0 bridgehead atoms. The number of hydrogen-bond donors (Lipinski definition) is 1. The Morgan fingerprint density at radius 1 is 1.44 bits per heavy atom. The fraction of sp³-hybridized carbons (Fsp3) is 0.357. The maximum Gasteiger partial charge on any atom is 0.0432 e. The van der Waals surface area contributed by atoms with Crippen LogP contribution in [0.3, 0.4) is 0 Å². The van der Waals surface area contributed by atoms with Gasteiger partial charge < -0.3 is 5.32 Å². The topological polar surface area (TPSA) is 24.9 Å². The quantitative estimate of drug-likeness (QED) is 0.715. The number of nitrogens with one attached hydrogen (secondary N) is 1. The van der Waals surface area contributed by atoms with E-state index in [1.807, 2.05) is 6.20 Å². The van der Waals surface area contributed by atoms with Crippen molar-refractivity contribution in [2.24, 2.45) is 5.92 Å². The number of rotatable bonds is 1. The largest absolute Gasteiger partial charge is 0.310 e. The third-order valence-electron chi connectivity index (χ3n) is 3.56. The minimum Gasteiger partial charge on any atom is -0.310 e. The van der Waals surface area contributed by atoms with Gasteiger partial charge in [-0.1, -0.05) is 12.0 Å². The van der Waals surface area contributed by atoms with E-state index in [1.165, 1.54) is 24.1 Å². The Balaban J connectivity index is 1.92. The Labute approximate surface area is 95.8 Å². The van der Waals surface area contributed by atoms with Gasteiger partial charge in [0.2, 0.25) is 0 Å². The van der Waals surface area contributed by atoms with Crippen molar-refractivity contribution in [2.75, 3.05) is 6.54 Å². The molecule has 0 saturated carbocycles. The number of terminal acetylenes is 1. The van der Waals surface area contributed by atoms with Gasteiger partial charge >= 0.3 is 0 Å². The second-order valence-corrected chi connectivity index (χ2v) is 4.53. The molecule has 1 N–H and O–H groups in total. The fourth-order valence-electron chi connectivity index (χ4n) is 2.47. The van der Waals surface area contributed by atoms with Gasteiger partial charge in [0.15, 0.2) is 0 Å². The van der Waals surface area contributed by atoms with E-state index in [0.717, 1.165) is 17.9 Å². The first-order valence-corrected chi connectivity index (χ1v) is 5.73. The van der Waals surface area contributed by atoms with Crippen molar-refractivity contribution >= 4 is 5.57 Å². The third-order valence-corrected chi connectivity index (χ3v) is 3.56. The van der Waals surface area contributed by atoms with Crippen LogP contribution in [0.4, 0.5) is 0 Å². The molecule has 2 atom stereocenters. The molecule has 0 radical (unpaired) electrons. The van der Waals surface area contributed by atoms with E-state index in [0.29, 0.717) is 6.04 Å². The van der Waals surface area contributed by atoms with Gasteiger partial charge in [-0.2, -0.15) is 0 Å². The lowest BCUT2D eigenvalue weighted by atomic mass is 9.79. The molecule has 1 saturated heterocycles. The zero-order chi connectivity index (χ0) is 11.0. The van der Waals surface area contributed by atoms with Crippen molar-refractivity contribution in [2.45, 2.75) is 18.9 Å². The highest BCUT2D eigenvalue weighted by Gasteiger charge is 2.31. The summed E-state index contributed by atoms with van der Waals surface area (Å²) in [5, 5.41) is 3.44.